The monoisotopic (exact) mass is 351 g/mol. The topological polar surface area (TPSA) is 37.4 Å². The van der Waals surface area contributed by atoms with Gasteiger partial charge in [0.2, 0.25) is 10.0 Å². The summed E-state index contributed by atoms with van der Waals surface area (Å²) in [6.07, 6.45) is 2.36. The number of rotatable bonds is 9. The molecule has 23 heavy (non-hydrogen) atoms. The van der Waals surface area contributed by atoms with Gasteiger partial charge in [-0.05, 0) is 37.5 Å². The van der Waals surface area contributed by atoms with Gasteiger partial charge >= 0.3 is 0 Å². The molecule has 1 heterocycles. The minimum absolute atomic E-state index is 0.239. The summed E-state index contributed by atoms with van der Waals surface area (Å²) < 4.78 is 27.0. The summed E-state index contributed by atoms with van der Waals surface area (Å²) in [5.41, 5.74) is 1.17. The molecule has 5 heteroatoms. The Morgan fingerprint density at radius 1 is 1.09 bits per heavy atom. The average Bonchev–Trinajstić information content (AvgIpc) is 2.95. The highest BCUT2D eigenvalue weighted by Gasteiger charge is 2.22. The highest BCUT2D eigenvalue weighted by Crippen LogP contribution is 2.20. The molecule has 0 aliphatic heterocycles. The third-order valence-corrected chi connectivity index (χ3v) is 6.66. The van der Waals surface area contributed by atoms with Crippen LogP contribution >= 0.6 is 11.3 Å². The first kappa shape index (κ1) is 18.2. The quantitative estimate of drug-likeness (QED) is 0.678. The molecule has 0 saturated heterocycles. The van der Waals surface area contributed by atoms with Crippen LogP contribution in [0, 0.1) is 6.92 Å². The molecule has 1 aromatic carbocycles. The fourth-order valence-electron chi connectivity index (χ4n) is 2.41. The van der Waals surface area contributed by atoms with Gasteiger partial charge in [0.15, 0.2) is 0 Å². The summed E-state index contributed by atoms with van der Waals surface area (Å²) >= 11 is 1.67. The SMILES string of the molecule is CCCCS(=O)(=O)N(CCc1ccccc1)Cc1ccc(C)s1. The van der Waals surface area contributed by atoms with Crippen molar-refractivity contribution in [2.45, 2.75) is 39.7 Å². The lowest BCUT2D eigenvalue weighted by atomic mass is 10.1. The Bertz CT molecular complexity index is 693. The van der Waals surface area contributed by atoms with Gasteiger partial charge in [-0.25, -0.2) is 8.42 Å². The van der Waals surface area contributed by atoms with Crippen LogP contribution in [0.5, 0.6) is 0 Å². The number of unbranched alkanes of at least 4 members (excludes halogenated alkanes) is 1. The fourth-order valence-corrected chi connectivity index (χ4v) is 5.02. The summed E-state index contributed by atoms with van der Waals surface area (Å²) in [6.45, 7) is 5.09. The van der Waals surface area contributed by atoms with Gasteiger partial charge in [-0.3, -0.25) is 0 Å². The molecule has 0 amide bonds. The van der Waals surface area contributed by atoms with Crippen molar-refractivity contribution in [1.82, 2.24) is 4.31 Å². The van der Waals surface area contributed by atoms with Crippen LogP contribution in [-0.2, 0) is 23.0 Å². The van der Waals surface area contributed by atoms with E-state index in [1.54, 1.807) is 15.6 Å². The summed E-state index contributed by atoms with van der Waals surface area (Å²) in [5.74, 6) is 0.239. The minimum atomic E-state index is -3.20. The molecule has 0 fully saturated rings. The highest BCUT2D eigenvalue weighted by molar-refractivity contribution is 7.89. The maximum atomic E-state index is 12.7. The Balaban J connectivity index is 2.10. The largest absolute Gasteiger partial charge is 0.214 e. The number of thiophene rings is 1. The number of hydrogen-bond acceptors (Lipinski definition) is 3. The maximum Gasteiger partial charge on any atom is 0.214 e. The molecule has 2 rings (SSSR count). The molecule has 0 radical (unpaired) electrons. The Labute approximate surface area is 144 Å². The number of sulfonamides is 1. The summed E-state index contributed by atoms with van der Waals surface area (Å²) in [4.78, 5) is 2.32. The zero-order valence-corrected chi connectivity index (χ0v) is 15.5. The second-order valence-corrected chi connectivity index (χ2v) is 9.21. The first-order valence-corrected chi connectivity index (χ1v) is 10.5. The standard InChI is InChI=1S/C18H25NO2S2/c1-3-4-14-23(20,21)19(15-18-11-10-16(2)22-18)13-12-17-8-6-5-7-9-17/h5-11H,3-4,12-15H2,1-2H3. The van der Waals surface area contributed by atoms with E-state index >= 15 is 0 Å². The van der Waals surface area contributed by atoms with E-state index in [1.807, 2.05) is 56.3 Å². The molecule has 1 aromatic heterocycles. The molecule has 0 aliphatic carbocycles. The van der Waals surface area contributed by atoms with Gasteiger partial charge in [0.05, 0.1) is 5.75 Å². The molecule has 0 spiro atoms. The predicted molar refractivity (Wildman–Crippen MR) is 98.3 cm³/mol. The molecule has 0 atom stereocenters. The van der Waals surface area contributed by atoms with E-state index in [9.17, 15) is 8.42 Å². The van der Waals surface area contributed by atoms with Crippen LogP contribution in [0.2, 0.25) is 0 Å². The van der Waals surface area contributed by atoms with Crippen molar-refractivity contribution in [3.8, 4) is 0 Å². The first-order chi connectivity index (χ1) is 11.0. The van der Waals surface area contributed by atoms with Crippen molar-refractivity contribution in [3.05, 3.63) is 57.8 Å². The number of aryl methyl sites for hydroxylation is 1. The molecule has 126 valence electrons. The van der Waals surface area contributed by atoms with Gasteiger partial charge in [0.1, 0.15) is 0 Å². The Kier molecular flexibility index (Phi) is 6.81. The van der Waals surface area contributed by atoms with Crippen molar-refractivity contribution in [2.24, 2.45) is 0 Å². The normalized spacial score (nSPS) is 12.0. The fraction of sp³-hybridized carbons (Fsp3) is 0.444. The van der Waals surface area contributed by atoms with Gasteiger partial charge in [-0.15, -0.1) is 11.3 Å². The maximum absolute atomic E-state index is 12.7. The molecular weight excluding hydrogens is 326 g/mol. The molecule has 0 N–H and O–H groups in total. The van der Waals surface area contributed by atoms with E-state index in [1.165, 1.54) is 10.4 Å². The van der Waals surface area contributed by atoms with Crippen molar-refractivity contribution < 1.29 is 8.42 Å². The molecular formula is C18H25NO2S2. The van der Waals surface area contributed by atoms with E-state index in [0.29, 0.717) is 19.5 Å². The average molecular weight is 352 g/mol. The highest BCUT2D eigenvalue weighted by atomic mass is 32.2. The van der Waals surface area contributed by atoms with Crippen molar-refractivity contribution in [1.29, 1.82) is 0 Å². The van der Waals surface area contributed by atoms with Crippen molar-refractivity contribution >= 4 is 21.4 Å². The molecule has 0 saturated carbocycles. The van der Waals surface area contributed by atoms with Gasteiger partial charge in [0.25, 0.3) is 0 Å². The van der Waals surface area contributed by atoms with Crippen molar-refractivity contribution in [2.75, 3.05) is 12.3 Å². The van der Waals surface area contributed by atoms with Gasteiger partial charge in [-0.2, -0.15) is 4.31 Å². The van der Waals surface area contributed by atoms with E-state index in [4.69, 9.17) is 0 Å². The lowest BCUT2D eigenvalue weighted by Gasteiger charge is -2.21. The van der Waals surface area contributed by atoms with Gasteiger partial charge in [0, 0.05) is 22.8 Å². The predicted octanol–water partition coefficient (Wildman–Crippen LogP) is 4.23. The van der Waals surface area contributed by atoms with Crippen LogP contribution in [0.4, 0.5) is 0 Å². The van der Waals surface area contributed by atoms with Crippen LogP contribution in [-0.4, -0.2) is 25.0 Å². The molecule has 3 nitrogen and oxygen atoms in total. The number of nitrogens with zero attached hydrogens (tertiary/aromatic N) is 1. The van der Waals surface area contributed by atoms with E-state index < -0.39 is 10.0 Å². The van der Waals surface area contributed by atoms with E-state index in [-0.39, 0.29) is 5.75 Å². The number of benzene rings is 1. The summed E-state index contributed by atoms with van der Waals surface area (Å²) in [5, 5.41) is 0. The van der Waals surface area contributed by atoms with Crippen molar-refractivity contribution in [3.63, 3.8) is 0 Å². The second-order valence-electron chi connectivity index (χ2n) is 5.75. The van der Waals surface area contributed by atoms with E-state index in [2.05, 4.69) is 0 Å². The third kappa shape index (κ3) is 5.75. The van der Waals surface area contributed by atoms with Crippen LogP contribution < -0.4 is 0 Å². The second kappa shape index (κ2) is 8.62. The van der Waals surface area contributed by atoms with E-state index in [0.717, 1.165) is 17.7 Å². The molecule has 0 bridgehead atoms. The van der Waals surface area contributed by atoms with Crippen LogP contribution in [0.25, 0.3) is 0 Å². The number of hydrogen-bond donors (Lipinski definition) is 0. The summed E-state index contributed by atoms with van der Waals surface area (Å²) in [6, 6.07) is 14.1. The third-order valence-electron chi connectivity index (χ3n) is 3.77. The Hall–Kier alpha value is -1.17. The minimum Gasteiger partial charge on any atom is -0.212 e. The molecule has 0 aliphatic rings. The Morgan fingerprint density at radius 2 is 1.83 bits per heavy atom. The van der Waals surface area contributed by atoms with Gasteiger partial charge < -0.3 is 0 Å². The lowest BCUT2D eigenvalue weighted by Crippen LogP contribution is -2.34. The first-order valence-electron chi connectivity index (χ1n) is 8.08. The van der Waals surface area contributed by atoms with Gasteiger partial charge in [-0.1, -0.05) is 43.7 Å². The zero-order valence-electron chi connectivity index (χ0n) is 13.9. The zero-order chi connectivity index (χ0) is 16.7. The van der Waals surface area contributed by atoms with Crippen LogP contribution in [0.1, 0.15) is 35.1 Å². The summed E-state index contributed by atoms with van der Waals surface area (Å²) in [7, 11) is -3.20. The Morgan fingerprint density at radius 3 is 2.43 bits per heavy atom. The molecule has 0 unspecified atom stereocenters. The lowest BCUT2D eigenvalue weighted by molar-refractivity contribution is 0.411. The molecule has 2 aromatic rings. The van der Waals surface area contributed by atoms with Crippen LogP contribution in [0.15, 0.2) is 42.5 Å². The smallest absolute Gasteiger partial charge is 0.212 e. The van der Waals surface area contributed by atoms with Crippen LogP contribution in [0.3, 0.4) is 0 Å².